The highest BCUT2D eigenvalue weighted by Gasteiger charge is 2.28. The average Bonchev–Trinajstić information content (AvgIpc) is 3.18. The normalized spacial score (nSPS) is 15.0. The Morgan fingerprint density at radius 2 is 2.00 bits per heavy atom. The number of rotatable bonds is 4. The number of nitrogens with zero attached hydrogens (tertiary/aromatic N) is 2. The molecule has 1 N–H and O–H groups in total. The van der Waals surface area contributed by atoms with Crippen molar-refractivity contribution in [3.05, 3.63) is 76.8 Å². The second-order valence-electron chi connectivity index (χ2n) is 6.80. The summed E-state index contributed by atoms with van der Waals surface area (Å²) in [5.41, 5.74) is 2.10. The minimum absolute atomic E-state index is 0.0286. The highest BCUT2D eigenvalue weighted by Crippen LogP contribution is 2.33. The highest BCUT2D eigenvalue weighted by atomic mass is 32.1. The van der Waals surface area contributed by atoms with Crippen LogP contribution in [0.5, 0.6) is 0 Å². The van der Waals surface area contributed by atoms with Gasteiger partial charge in [0.1, 0.15) is 11.6 Å². The Morgan fingerprint density at radius 1 is 1.20 bits per heavy atom. The molecule has 0 aliphatic carbocycles. The van der Waals surface area contributed by atoms with E-state index in [1.54, 1.807) is 11.6 Å². The molecule has 2 amide bonds. The van der Waals surface area contributed by atoms with Crippen molar-refractivity contribution in [2.45, 2.75) is 19.4 Å². The number of carbonyl (C=O) groups excluding carboxylic acids is 2. The third kappa shape index (κ3) is 3.99. The van der Waals surface area contributed by atoms with Crippen LogP contribution in [0.25, 0.3) is 17.3 Å². The number of hydrogen-bond donors (Lipinski definition) is 1. The Morgan fingerprint density at radius 3 is 2.80 bits per heavy atom. The molecule has 0 bridgehead atoms. The monoisotopic (exact) mass is 425 g/mol. The predicted molar refractivity (Wildman–Crippen MR) is 111 cm³/mol. The van der Waals surface area contributed by atoms with E-state index in [4.69, 9.17) is 0 Å². The van der Waals surface area contributed by atoms with E-state index in [2.05, 4.69) is 10.3 Å². The molecule has 1 atom stereocenters. The number of carbonyl (C=O) groups is 2. The van der Waals surface area contributed by atoms with Gasteiger partial charge >= 0.3 is 0 Å². The number of fused-ring (bicyclic) bond motifs is 1. The lowest BCUT2D eigenvalue weighted by atomic mass is 9.93. The van der Waals surface area contributed by atoms with Crippen LogP contribution in [-0.4, -0.2) is 21.7 Å². The summed E-state index contributed by atoms with van der Waals surface area (Å²) in [6.45, 7) is 1.45. The third-order valence-electron chi connectivity index (χ3n) is 4.80. The molecule has 5 nitrogen and oxygen atoms in total. The van der Waals surface area contributed by atoms with E-state index in [1.165, 1.54) is 11.8 Å². The minimum atomic E-state index is -0.595. The zero-order valence-electron chi connectivity index (χ0n) is 15.9. The van der Waals surface area contributed by atoms with Crippen molar-refractivity contribution in [2.75, 3.05) is 5.32 Å². The Hall–Kier alpha value is -3.39. The topological polar surface area (TPSA) is 62.3 Å². The fourth-order valence-electron chi connectivity index (χ4n) is 3.41. The summed E-state index contributed by atoms with van der Waals surface area (Å²) >= 11 is 1.12. The summed E-state index contributed by atoms with van der Waals surface area (Å²) in [4.78, 5) is 30.5. The molecule has 2 heterocycles. The summed E-state index contributed by atoms with van der Waals surface area (Å²) in [6.07, 6.45) is 3.55. The van der Waals surface area contributed by atoms with Crippen molar-refractivity contribution in [3.63, 3.8) is 0 Å². The summed E-state index contributed by atoms with van der Waals surface area (Å²) in [5, 5.41) is 4.51. The number of hydrogen-bond acceptors (Lipinski definition) is 4. The number of benzene rings is 2. The van der Waals surface area contributed by atoms with E-state index in [0.717, 1.165) is 40.7 Å². The van der Waals surface area contributed by atoms with Crippen LogP contribution < -0.4 is 5.32 Å². The maximum atomic E-state index is 14.0. The van der Waals surface area contributed by atoms with Crippen molar-refractivity contribution in [1.29, 1.82) is 0 Å². The first kappa shape index (κ1) is 19.9. The molecule has 0 fully saturated rings. The van der Waals surface area contributed by atoms with Gasteiger partial charge in [0.15, 0.2) is 5.13 Å². The first-order valence-electron chi connectivity index (χ1n) is 9.19. The molecular weight excluding hydrogens is 408 g/mol. The van der Waals surface area contributed by atoms with Gasteiger partial charge in [0.25, 0.3) is 0 Å². The van der Waals surface area contributed by atoms with Crippen molar-refractivity contribution < 1.29 is 18.4 Å². The summed E-state index contributed by atoms with van der Waals surface area (Å²) in [7, 11) is 0. The second kappa shape index (κ2) is 8.16. The highest BCUT2D eigenvalue weighted by molar-refractivity contribution is 7.14. The van der Waals surface area contributed by atoms with Gasteiger partial charge in [0, 0.05) is 24.1 Å². The Kier molecular flexibility index (Phi) is 5.41. The van der Waals surface area contributed by atoms with Gasteiger partial charge in [-0.05, 0) is 35.4 Å². The van der Waals surface area contributed by atoms with E-state index < -0.39 is 17.7 Å². The molecule has 0 saturated carbocycles. The minimum Gasteiger partial charge on any atom is -0.311 e. The van der Waals surface area contributed by atoms with Crippen LogP contribution in [0.4, 0.5) is 13.9 Å². The lowest BCUT2D eigenvalue weighted by Crippen LogP contribution is -2.33. The van der Waals surface area contributed by atoms with Crippen molar-refractivity contribution in [3.8, 4) is 11.3 Å². The quantitative estimate of drug-likeness (QED) is 0.641. The molecule has 1 unspecified atom stereocenters. The molecule has 30 heavy (non-hydrogen) atoms. The second-order valence-corrected chi connectivity index (χ2v) is 7.66. The molecule has 1 aliphatic rings. The number of amides is 2. The predicted octanol–water partition coefficient (Wildman–Crippen LogP) is 4.99. The molecule has 0 saturated heterocycles. The zero-order chi connectivity index (χ0) is 21.3. The van der Waals surface area contributed by atoms with E-state index in [1.807, 2.05) is 30.3 Å². The van der Waals surface area contributed by atoms with Crippen LogP contribution in [0.2, 0.25) is 0 Å². The molecule has 152 valence electrons. The fraction of sp³-hybridized carbons (Fsp3) is 0.136. The van der Waals surface area contributed by atoms with Crippen LogP contribution in [0.15, 0.2) is 54.0 Å². The van der Waals surface area contributed by atoms with Crippen LogP contribution in [0.3, 0.4) is 0 Å². The summed E-state index contributed by atoms with van der Waals surface area (Å²) in [6, 6.07) is 10.3. The van der Waals surface area contributed by atoms with Gasteiger partial charge in [-0.1, -0.05) is 24.3 Å². The van der Waals surface area contributed by atoms with Crippen LogP contribution in [0, 0.1) is 11.6 Å². The number of aromatic nitrogens is 1. The van der Waals surface area contributed by atoms with Crippen molar-refractivity contribution in [1.82, 2.24) is 9.88 Å². The molecule has 1 aromatic heterocycles. The Labute approximate surface area is 175 Å². The largest absolute Gasteiger partial charge is 0.311 e. The average molecular weight is 425 g/mol. The van der Waals surface area contributed by atoms with Crippen LogP contribution in [0.1, 0.15) is 30.5 Å². The molecule has 1 aliphatic heterocycles. The Balaban J connectivity index is 1.52. The first-order valence-corrected chi connectivity index (χ1v) is 10.1. The molecule has 2 aromatic carbocycles. The lowest BCUT2D eigenvalue weighted by Gasteiger charge is -2.32. The van der Waals surface area contributed by atoms with Gasteiger partial charge in [-0.15, -0.1) is 11.3 Å². The molecule has 0 spiro atoms. The SMILES string of the molecule is CC(=O)N1C=Cc2ccccc2C1CC(=O)Nc1nc(-c2cc(F)ccc2F)cs1. The van der Waals surface area contributed by atoms with E-state index in [9.17, 15) is 18.4 Å². The smallest absolute Gasteiger partial charge is 0.228 e. The maximum absolute atomic E-state index is 14.0. The number of halogens is 2. The molecular formula is C22H17F2N3O2S. The molecule has 4 rings (SSSR count). The Bertz CT molecular complexity index is 1160. The standard InChI is InChI=1S/C22H17F2N3O2S/c1-13(28)27-9-8-14-4-2-3-5-16(14)20(27)11-21(29)26-22-25-19(12-30-22)17-10-15(23)6-7-18(17)24/h2-10,12,20H,11H2,1H3,(H,25,26,29). The van der Waals surface area contributed by atoms with Crippen LogP contribution >= 0.6 is 11.3 Å². The van der Waals surface area contributed by atoms with Gasteiger partial charge in [0.2, 0.25) is 11.8 Å². The van der Waals surface area contributed by atoms with E-state index in [0.29, 0.717) is 0 Å². The van der Waals surface area contributed by atoms with E-state index >= 15 is 0 Å². The fourth-order valence-corrected chi connectivity index (χ4v) is 4.13. The molecule has 3 aromatic rings. The number of nitrogens with one attached hydrogen (secondary N) is 1. The summed E-state index contributed by atoms with van der Waals surface area (Å²) < 4.78 is 27.4. The summed E-state index contributed by atoms with van der Waals surface area (Å²) in [5.74, 6) is -1.67. The van der Waals surface area contributed by atoms with Gasteiger partial charge in [0.05, 0.1) is 18.2 Å². The lowest BCUT2D eigenvalue weighted by molar-refractivity contribution is -0.129. The van der Waals surface area contributed by atoms with Gasteiger partial charge in [-0.2, -0.15) is 0 Å². The zero-order valence-corrected chi connectivity index (χ0v) is 16.7. The third-order valence-corrected chi connectivity index (χ3v) is 5.56. The van der Waals surface area contributed by atoms with Gasteiger partial charge in [-0.25, -0.2) is 13.8 Å². The number of anilines is 1. The van der Waals surface area contributed by atoms with Gasteiger partial charge in [-0.3, -0.25) is 9.59 Å². The van der Waals surface area contributed by atoms with E-state index in [-0.39, 0.29) is 34.6 Å². The van der Waals surface area contributed by atoms with Crippen molar-refractivity contribution >= 4 is 34.4 Å². The van der Waals surface area contributed by atoms with Crippen LogP contribution in [-0.2, 0) is 9.59 Å². The van der Waals surface area contributed by atoms with Crippen molar-refractivity contribution in [2.24, 2.45) is 0 Å². The maximum Gasteiger partial charge on any atom is 0.228 e. The first-order chi connectivity index (χ1) is 14.4. The molecule has 0 radical (unpaired) electrons. The van der Waals surface area contributed by atoms with Gasteiger partial charge < -0.3 is 10.2 Å². The number of thiazole rings is 1. The molecule has 8 heteroatoms.